The molecule has 3 aromatic carbocycles. The van der Waals surface area contributed by atoms with Gasteiger partial charge < -0.3 is 44.8 Å². The van der Waals surface area contributed by atoms with Gasteiger partial charge in [-0.1, -0.05) is 80.5 Å². The molecule has 9 rings (SSSR count). The van der Waals surface area contributed by atoms with Crippen molar-refractivity contribution in [2.45, 2.75) is 116 Å². The number of carbonyl (C=O) groups is 5. The van der Waals surface area contributed by atoms with E-state index in [1.807, 2.05) is 74.8 Å². The van der Waals surface area contributed by atoms with Crippen LogP contribution in [0.15, 0.2) is 88.3 Å². The van der Waals surface area contributed by atoms with Crippen LogP contribution in [0.1, 0.15) is 89.4 Å². The van der Waals surface area contributed by atoms with Crippen LogP contribution in [-0.2, 0) is 38.8 Å². The molecule has 0 aliphatic carbocycles. The second kappa shape index (κ2) is 21.1. The number of hydrogen-bond donors (Lipinski definition) is 4. The maximum Gasteiger partial charge on any atom is 0.255 e. The molecule has 6 heterocycles. The Labute approximate surface area is 425 Å². The van der Waals surface area contributed by atoms with Crippen molar-refractivity contribution in [1.82, 2.24) is 40.5 Å². The van der Waals surface area contributed by atoms with Gasteiger partial charge in [0.25, 0.3) is 5.91 Å². The van der Waals surface area contributed by atoms with Gasteiger partial charge in [0.1, 0.15) is 41.8 Å². The minimum Gasteiger partial charge on any atom is -0.488 e. The lowest BCUT2D eigenvalue weighted by molar-refractivity contribution is -0.145. The molecule has 2 fully saturated rings. The van der Waals surface area contributed by atoms with Gasteiger partial charge in [-0.25, -0.2) is 9.97 Å². The topological polar surface area (TPSA) is 221 Å². The van der Waals surface area contributed by atoms with Gasteiger partial charge in [-0.2, -0.15) is 0 Å². The highest BCUT2D eigenvalue weighted by molar-refractivity contribution is 7.13. The SMILES string of the molecule is CC[C@@H](C(=O)N1C[C@H](Oc2ccc3c(c2)C(=O)N([C@H](C(=O)N2C[C@H](O)[C@H](O)[C@H]2C(=O)NCc2ccc(-c4scnc4C)cc2)C(C)C)C3)C[C@H]1C(=O)NCc1ccc(-c2scnc2C)cc1)c1cc(C)no1. The zero-order chi connectivity index (χ0) is 51.0. The van der Waals surface area contributed by atoms with E-state index >= 15 is 0 Å². The number of thiazole rings is 2. The highest BCUT2D eigenvalue weighted by Gasteiger charge is 2.50. The Kier molecular flexibility index (Phi) is 14.7. The Balaban J connectivity index is 0.875. The van der Waals surface area contributed by atoms with Gasteiger partial charge in [0.15, 0.2) is 0 Å². The third kappa shape index (κ3) is 10.2. The number of carbonyl (C=O) groups excluding carboxylic acids is 5. The van der Waals surface area contributed by atoms with Crippen molar-refractivity contribution >= 4 is 52.2 Å². The number of nitrogens with one attached hydrogen (secondary N) is 2. The summed E-state index contributed by atoms with van der Waals surface area (Å²) in [6.07, 6.45) is -2.97. The van der Waals surface area contributed by atoms with Crippen LogP contribution < -0.4 is 15.4 Å². The van der Waals surface area contributed by atoms with Crippen molar-refractivity contribution in [3.8, 4) is 26.6 Å². The molecule has 3 aromatic heterocycles. The molecular formula is C53H58N8O9S2. The maximum absolute atomic E-state index is 14.6. The van der Waals surface area contributed by atoms with Crippen LogP contribution >= 0.6 is 22.7 Å². The lowest BCUT2D eigenvalue weighted by atomic mass is 10.00. The van der Waals surface area contributed by atoms with Crippen LogP contribution in [0.5, 0.6) is 5.75 Å². The van der Waals surface area contributed by atoms with Crippen molar-refractivity contribution in [2.75, 3.05) is 13.1 Å². The molecule has 7 atom stereocenters. The largest absolute Gasteiger partial charge is 0.488 e. The van der Waals surface area contributed by atoms with Crippen LogP contribution in [-0.4, -0.2) is 119 Å². The van der Waals surface area contributed by atoms with Crippen molar-refractivity contribution in [2.24, 2.45) is 5.92 Å². The molecule has 17 nitrogen and oxygen atoms in total. The zero-order valence-corrected chi connectivity index (χ0v) is 42.5. The highest BCUT2D eigenvalue weighted by Crippen LogP contribution is 2.36. The Bertz CT molecular complexity index is 2970. The number of fused-ring (bicyclic) bond motifs is 1. The van der Waals surface area contributed by atoms with E-state index in [1.165, 1.54) is 21.1 Å². The van der Waals surface area contributed by atoms with E-state index < -0.39 is 66.0 Å². The number of aliphatic hydroxyl groups is 2. The Morgan fingerprint density at radius 3 is 1.96 bits per heavy atom. The molecule has 6 aromatic rings. The summed E-state index contributed by atoms with van der Waals surface area (Å²) in [5.41, 5.74) is 10.8. The normalized spacial score (nSPS) is 20.5. The molecule has 19 heteroatoms. The molecule has 5 amide bonds. The average Bonchev–Trinajstić information content (AvgIpc) is 4.25. The summed E-state index contributed by atoms with van der Waals surface area (Å²) < 4.78 is 12.0. The smallest absolute Gasteiger partial charge is 0.255 e. The minimum atomic E-state index is -1.55. The Hall–Kier alpha value is -6.80. The molecule has 4 N–H and O–H groups in total. The standard InChI is InChI=1S/C53H58N8O9S2/c1-7-39(43-18-29(4)58-70-43)51(66)59-24-38(20-41(59)49(64)54-21-32-8-12-34(13-9-32)47-30(5)56-26-71-47)69-37-17-16-36-23-60(52(67)40(36)19-37)44(28(2)3)53(68)61-25-42(62)46(63)45(61)50(65)55-22-33-10-14-35(15-11-33)48-31(6)57-27-72-48/h8-19,26-28,38-39,41-42,44-46,62-63H,7,20-25H2,1-6H3,(H,54,64)(H,55,65)/t38-,39-,41+,42+,44+,45+,46+/m1/s1. The number of aliphatic hydroxyl groups excluding tert-OH is 2. The molecule has 3 aliphatic rings. The Morgan fingerprint density at radius 1 is 0.806 bits per heavy atom. The van der Waals surface area contributed by atoms with Gasteiger partial charge >= 0.3 is 0 Å². The molecule has 0 radical (unpaired) electrons. The van der Waals surface area contributed by atoms with Crippen LogP contribution in [0, 0.1) is 26.7 Å². The molecule has 2 saturated heterocycles. The van der Waals surface area contributed by atoms with Crippen molar-refractivity contribution in [3.05, 3.63) is 129 Å². The van der Waals surface area contributed by atoms with Gasteiger partial charge in [0.05, 0.1) is 63.0 Å². The second-order valence-electron chi connectivity index (χ2n) is 19.1. The number of likely N-dealkylation sites (tertiary alicyclic amines) is 2. The summed E-state index contributed by atoms with van der Waals surface area (Å²) >= 11 is 3.11. The van der Waals surface area contributed by atoms with Crippen LogP contribution in [0.25, 0.3) is 20.9 Å². The van der Waals surface area contributed by atoms with Crippen LogP contribution in [0.4, 0.5) is 0 Å². The first-order valence-corrected chi connectivity index (χ1v) is 25.9. The summed E-state index contributed by atoms with van der Waals surface area (Å²) in [6, 6.07) is 19.1. The fraction of sp³-hybridized carbons (Fsp3) is 0.396. The van der Waals surface area contributed by atoms with Crippen molar-refractivity contribution < 1.29 is 43.4 Å². The van der Waals surface area contributed by atoms with Gasteiger partial charge in [-0.15, -0.1) is 22.7 Å². The van der Waals surface area contributed by atoms with E-state index in [2.05, 4.69) is 25.8 Å². The molecule has 376 valence electrons. The zero-order valence-electron chi connectivity index (χ0n) is 40.9. The fourth-order valence-electron chi connectivity index (χ4n) is 10.0. The summed E-state index contributed by atoms with van der Waals surface area (Å²) in [5, 5.41) is 31.8. The second-order valence-corrected chi connectivity index (χ2v) is 20.8. The van der Waals surface area contributed by atoms with E-state index in [0.717, 1.165) is 43.4 Å². The van der Waals surface area contributed by atoms with Crippen LogP contribution in [0.2, 0.25) is 0 Å². The number of rotatable bonds is 16. The summed E-state index contributed by atoms with van der Waals surface area (Å²) in [7, 11) is 0. The van der Waals surface area contributed by atoms with E-state index in [1.54, 1.807) is 66.8 Å². The Morgan fingerprint density at radius 2 is 1.42 bits per heavy atom. The average molecular weight is 1020 g/mol. The van der Waals surface area contributed by atoms with Crippen molar-refractivity contribution in [3.63, 3.8) is 0 Å². The lowest BCUT2D eigenvalue weighted by Crippen LogP contribution is -2.57. The summed E-state index contributed by atoms with van der Waals surface area (Å²) in [5.74, 6) is -2.60. The minimum absolute atomic E-state index is 0.0896. The van der Waals surface area contributed by atoms with Gasteiger partial charge in [0.2, 0.25) is 23.6 Å². The number of benzene rings is 3. The van der Waals surface area contributed by atoms with Crippen molar-refractivity contribution in [1.29, 1.82) is 0 Å². The summed E-state index contributed by atoms with van der Waals surface area (Å²) in [4.78, 5) is 86.2. The molecule has 0 spiro atoms. The first-order chi connectivity index (χ1) is 34.6. The van der Waals surface area contributed by atoms with Gasteiger partial charge in [-0.05, 0) is 73.1 Å². The third-order valence-corrected chi connectivity index (χ3v) is 15.8. The number of hydrogen-bond acceptors (Lipinski definition) is 14. The predicted molar refractivity (Wildman–Crippen MR) is 270 cm³/mol. The first kappa shape index (κ1) is 50.2. The monoisotopic (exact) mass is 1010 g/mol. The van der Waals surface area contributed by atoms with E-state index in [4.69, 9.17) is 9.26 Å². The number of aromatic nitrogens is 3. The highest BCUT2D eigenvalue weighted by atomic mass is 32.1. The van der Waals surface area contributed by atoms with Crippen LogP contribution in [0.3, 0.4) is 0 Å². The molecule has 0 unspecified atom stereocenters. The van der Waals surface area contributed by atoms with E-state index in [0.29, 0.717) is 34.8 Å². The number of β-amino-alcohol motifs (C(OH)–C–C–N with tert-alkyl or cyclic N) is 1. The molecular weight excluding hydrogens is 957 g/mol. The number of aryl methyl sites for hydroxylation is 3. The molecule has 0 bridgehead atoms. The third-order valence-electron chi connectivity index (χ3n) is 13.8. The van der Waals surface area contributed by atoms with E-state index in [-0.39, 0.29) is 51.0 Å². The lowest BCUT2D eigenvalue weighted by Gasteiger charge is -2.35. The number of amides is 5. The maximum atomic E-state index is 14.6. The molecule has 3 aliphatic heterocycles. The fourth-order valence-corrected chi connectivity index (χ4v) is 11.6. The molecule has 0 saturated carbocycles. The summed E-state index contributed by atoms with van der Waals surface area (Å²) in [6.45, 7) is 11.4. The van der Waals surface area contributed by atoms with Gasteiger partial charge in [0, 0.05) is 37.7 Å². The van der Waals surface area contributed by atoms with E-state index in [9.17, 15) is 34.2 Å². The predicted octanol–water partition coefficient (Wildman–Crippen LogP) is 5.93. The first-order valence-electron chi connectivity index (χ1n) is 24.1. The molecule has 72 heavy (non-hydrogen) atoms. The van der Waals surface area contributed by atoms with Gasteiger partial charge in [-0.3, -0.25) is 24.0 Å². The number of nitrogens with zero attached hydrogens (tertiary/aromatic N) is 6. The number of ether oxygens (including phenoxy) is 1. The quantitative estimate of drug-likeness (QED) is 0.0886.